The SMILES string of the molecule is CC(C)(C)OC(=O)COC(=O)CNC(=O)c1cccc(F)c1. The number of hydrogen-bond acceptors (Lipinski definition) is 5. The molecular weight excluding hydrogens is 293 g/mol. The molecule has 0 fully saturated rings. The predicted molar refractivity (Wildman–Crippen MR) is 75.5 cm³/mol. The molecule has 7 heteroatoms. The Morgan fingerprint density at radius 2 is 1.86 bits per heavy atom. The molecule has 120 valence electrons. The predicted octanol–water partition coefficient (Wildman–Crippen LogP) is 1.44. The minimum absolute atomic E-state index is 0.0833. The minimum Gasteiger partial charge on any atom is -0.457 e. The molecule has 1 aromatic rings. The third-order valence-electron chi connectivity index (χ3n) is 2.25. The summed E-state index contributed by atoms with van der Waals surface area (Å²) in [6.07, 6.45) is 0. The van der Waals surface area contributed by atoms with Crippen molar-refractivity contribution in [3.63, 3.8) is 0 Å². The Morgan fingerprint density at radius 3 is 2.45 bits per heavy atom. The molecule has 6 nitrogen and oxygen atoms in total. The molecule has 1 aromatic carbocycles. The fourth-order valence-electron chi connectivity index (χ4n) is 1.45. The lowest BCUT2D eigenvalue weighted by atomic mass is 10.2. The Kier molecular flexibility index (Phi) is 6.03. The first kappa shape index (κ1) is 17.6. The summed E-state index contributed by atoms with van der Waals surface area (Å²) >= 11 is 0. The summed E-state index contributed by atoms with van der Waals surface area (Å²) in [6.45, 7) is 4.09. The number of carbonyl (C=O) groups is 3. The standard InChI is InChI=1S/C15H18FNO5/c1-15(2,3)22-13(19)9-21-12(18)8-17-14(20)10-5-4-6-11(16)7-10/h4-7H,8-9H2,1-3H3,(H,17,20). The van der Waals surface area contributed by atoms with Gasteiger partial charge in [-0.1, -0.05) is 6.07 Å². The molecule has 0 spiro atoms. The van der Waals surface area contributed by atoms with Gasteiger partial charge in [-0.15, -0.1) is 0 Å². The van der Waals surface area contributed by atoms with E-state index < -0.39 is 42.4 Å². The zero-order chi connectivity index (χ0) is 16.8. The molecule has 0 aliphatic carbocycles. The minimum atomic E-state index is -0.796. The van der Waals surface area contributed by atoms with Crippen molar-refractivity contribution in [1.29, 1.82) is 0 Å². The van der Waals surface area contributed by atoms with E-state index in [1.54, 1.807) is 20.8 Å². The van der Waals surface area contributed by atoms with E-state index in [1.807, 2.05) is 0 Å². The molecule has 0 bridgehead atoms. The number of nitrogens with one attached hydrogen (secondary N) is 1. The number of esters is 2. The highest BCUT2D eigenvalue weighted by Gasteiger charge is 2.18. The number of hydrogen-bond donors (Lipinski definition) is 1. The van der Waals surface area contributed by atoms with Crippen LogP contribution in [-0.2, 0) is 19.1 Å². The fourth-order valence-corrected chi connectivity index (χ4v) is 1.45. The number of benzene rings is 1. The second-order valence-corrected chi connectivity index (χ2v) is 5.44. The van der Waals surface area contributed by atoms with Gasteiger partial charge in [0.15, 0.2) is 6.61 Å². The number of amides is 1. The summed E-state index contributed by atoms with van der Waals surface area (Å²) in [5.74, 6) is -2.65. The topological polar surface area (TPSA) is 81.7 Å². The van der Waals surface area contributed by atoms with Gasteiger partial charge in [-0.3, -0.25) is 9.59 Å². The van der Waals surface area contributed by atoms with Gasteiger partial charge in [-0.2, -0.15) is 0 Å². The molecular formula is C15H18FNO5. The maximum atomic E-state index is 12.9. The van der Waals surface area contributed by atoms with Crippen LogP contribution in [0.5, 0.6) is 0 Å². The Balaban J connectivity index is 2.34. The van der Waals surface area contributed by atoms with E-state index in [4.69, 9.17) is 4.74 Å². The van der Waals surface area contributed by atoms with Gasteiger partial charge in [-0.25, -0.2) is 9.18 Å². The number of ether oxygens (including phenoxy) is 2. The highest BCUT2D eigenvalue weighted by atomic mass is 19.1. The fraction of sp³-hybridized carbons (Fsp3) is 0.400. The third-order valence-corrected chi connectivity index (χ3v) is 2.25. The number of rotatable bonds is 5. The summed E-state index contributed by atoms with van der Waals surface area (Å²) in [7, 11) is 0. The molecule has 0 heterocycles. The van der Waals surface area contributed by atoms with Gasteiger partial charge in [0.1, 0.15) is 18.0 Å². The highest BCUT2D eigenvalue weighted by Crippen LogP contribution is 2.06. The van der Waals surface area contributed by atoms with Gasteiger partial charge in [0, 0.05) is 5.56 Å². The number of carbonyl (C=O) groups excluding carboxylic acids is 3. The van der Waals surface area contributed by atoms with Crippen LogP contribution in [0.1, 0.15) is 31.1 Å². The average Bonchev–Trinajstić information content (AvgIpc) is 2.40. The monoisotopic (exact) mass is 311 g/mol. The molecule has 1 rings (SSSR count). The molecule has 1 N–H and O–H groups in total. The van der Waals surface area contributed by atoms with Crippen molar-refractivity contribution in [2.75, 3.05) is 13.2 Å². The second kappa shape index (κ2) is 7.53. The maximum Gasteiger partial charge on any atom is 0.344 e. The van der Waals surface area contributed by atoms with Gasteiger partial charge < -0.3 is 14.8 Å². The van der Waals surface area contributed by atoms with Crippen LogP contribution in [0.2, 0.25) is 0 Å². The molecule has 0 aliphatic rings. The van der Waals surface area contributed by atoms with Crippen LogP contribution in [0.25, 0.3) is 0 Å². The molecule has 0 unspecified atom stereocenters. The van der Waals surface area contributed by atoms with Gasteiger partial charge >= 0.3 is 11.9 Å². The lowest BCUT2D eigenvalue weighted by Crippen LogP contribution is -2.33. The summed E-state index contributed by atoms with van der Waals surface area (Å²) in [6, 6.07) is 5.03. The first-order chi connectivity index (χ1) is 10.2. The van der Waals surface area contributed by atoms with Crippen molar-refractivity contribution in [3.8, 4) is 0 Å². The Bertz CT molecular complexity index is 565. The molecule has 22 heavy (non-hydrogen) atoms. The summed E-state index contributed by atoms with van der Waals surface area (Å²) in [4.78, 5) is 34.4. The highest BCUT2D eigenvalue weighted by molar-refractivity contribution is 5.96. The Hall–Kier alpha value is -2.44. The second-order valence-electron chi connectivity index (χ2n) is 5.44. The van der Waals surface area contributed by atoms with Crippen LogP contribution in [0.4, 0.5) is 4.39 Å². The van der Waals surface area contributed by atoms with E-state index in [0.29, 0.717) is 0 Å². The smallest absolute Gasteiger partial charge is 0.344 e. The van der Waals surface area contributed by atoms with Gasteiger partial charge in [0.2, 0.25) is 0 Å². The van der Waals surface area contributed by atoms with E-state index in [1.165, 1.54) is 18.2 Å². The molecule has 1 amide bonds. The molecule has 0 saturated heterocycles. The van der Waals surface area contributed by atoms with E-state index >= 15 is 0 Å². The van der Waals surface area contributed by atoms with Gasteiger partial charge in [0.25, 0.3) is 5.91 Å². The van der Waals surface area contributed by atoms with E-state index in [-0.39, 0.29) is 5.56 Å². The van der Waals surface area contributed by atoms with Crippen LogP contribution in [0, 0.1) is 5.82 Å². The van der Waals surface area contributed by atoms with Gasteiger partial charge in [-0.05, 0) is 39.0 Å². The van der Waals surface area contributed by atoms with Crippen molar-refractivity contribution < 1.29 is 28.2 Å². The van der Waals surface area contributed by atoms with Crippen LogP contribution >= 0.6 is 0 Å². The third kappa shape index (κ3) is 6.83. The lowest BCUT2D eigenvalue weighted by Gasteiger charge is -2.19. The van der Waals surface area contributed by atoms with Crippen LogP contribution in [0.3, 0.4) is 0 Å². The van der Waals surface area contributed by atoms with Crippen LogP contribution < -0.4 is 5.32 Å². The molecule has 0 radical (unpaired) electrons. The van der Waals surface area contributed by atoms with Crippen molar-refractivity contribution in [3.05, 3.63) is 35.6 Å². The van der Waals surface area contributed by atoms with E-state index in [2.05, 4.69) is 10.1 Å². The maximum absolute atomic E-state index is 12.9. The number of halogens is 1. The average molecular weight is 311 g/mol. The molecule has 0 atom stereocenters. The van der Waals surface area contributed by atoms with Crippen molar-refractivity contribution >= 4 is 17.8 Å². The molecule has 0 aliphatic heterocycles. The summed E-state index contributed by atoms with van der Waals surface area (Å²) < 4.78 is 22.6. The van der Waals surface area contributed by atoms with Crippen molar-refractivity contribution in [2.24, 2.45) is 0 Å². The largest absolute Gasteiger partial charge is 0.457 e. The summed E-state index contributed by atoms with van der Waals surface area (Å²) in [5, 5.41) is 2.27. The normalized spacial score (nSPS) is 10.7. The first-order valence-corrected chi connectivity index (χ1v) is 6.58. The van der Waals surface area contributed by atoms with Crippen LogP contribution in [0.15, 0.2) is 24.3 Å². The molecule has 0 saturated carbocycles. The van der Waals surface area contributed by atoms with E-state index in [0.717, 1.165) is 6.07 Å². The van der Waals surface area contributed by atoms with Crippen LogP contribution in [-0.4, -0.2) is 36.6 Å². The molecule has 0 aromatic heterocycles. The lowest BCUT2D eigenvalue weighted by molar-refractivity contribution is -0.166. The quantitative estimate of drug-likeness (QED) is 0.832. The Labute approximate surface area is 127 Å². The first-order valence-electron chi connectivity index (χ1n) is 6.58. The summed E-state index contributed by atoms with van der Waals surface area (Å²) in [5.41, 5.74) is -0.588. The van der Waals surface area contributed by atoms with E-state index in [9.17, 15) is 18.8 Å². The van der Waals surface area contributed by atoms with Gasteiger partial charge in [0.05, 0.1) is 0 Å². The zero-order valence-electron chi connectivity index (χ0n) is 12.6. The Morgan fingerprint density at radius 1 is 1.18 bits per heavy atom. The zero-order valence-corrected chi connectivity index (χ0v) is 12.6. The van der Waals surface area contributed by atoms with Crippen molar-refractivity contribution in [1.82, 2.24) is 5.32 Å². The van der Waals surface area contributed by atoms with Crippen molar-refractivity contribution in [2.45, 2.75) is 26.4 Å².